The number of esters is 1. The van der Waals surface area contributed by atoms with Crippen LogP contribution in [0.2, 0.25) is 0 Å². The number of aliphatic carboxylic acids is 1. The Morgan fingerprint density at radius 3 is 2.69 bits per heavy atom. The van der Waals surface area contributed by atoms with Gasteiger partial charge in [-0.3, -0.25) is 9.59 Å². The normalized spacial score (nSPS) is 12.1. The van der Waals surface area contributed by atoms with Crippen LogP contribution in [0.25, 0.3) is 0 Å². The van der Waals surface area contributed by atoms with E-state index in [1.165, 1.54) is 7.11 Å². The zero-order valence-electron chi connectivity index (χ0n) is 9.21. The molecule has 0 spiro atoms. The van der Waals surface area contributed by atoms with E-state index in [0.717, 1.165) is 0 Å². The number of hydrogen-bond donors (Lipinski definition) is 1. The summed E-state index contributed by atoms with van der Waals surface area (Å²) < 4.78 is 6.24. The van der Waals surface area contributed by atoms with Crippen molar-refractivity contribution in [2.45, 2.75) is 18.8 Å². The van der Waals surface area contributed by atoms with Crippen LogP contribution in [0.3, 0.4) is 0 Å². The molecule has 1 N–H and O–H groups in total. The lowest BCUT2D eigenvalue weighted by molar-refractivity contribution is -0.142. The number of aryl methyl sites for hydroxylation is 1. The van der Waals surface area contributed by atoms with E-state index < -0.39 is 17.9 Å². The molecule has 0 fully saturated rings. The number of aromatic nitrogens is 2. The zero-order chi connectivity index (χ0) is 12.1. The largest absolute Gasteiger partial charge is 0.481 e. The Kier molecular flexibility index (Phi) is 4.04. The summed E-state index contributed by atoms with van der Waals surface area (Å²) >= 11 is 0. The first-order chi connectivity index (χ1) is 7.54. The van der Waals surface area contributed by atoms with Crippen molar-refractivity contribution in [3.05, 3.63) is 18.2 Å². The van der Waals surface area contributed by atoms with Crippen molar-refractivity contribution < 1.29 is 19.4 Å². The molecule has 16 heavy (non-hydrogen) atoms. The number of methoxy groups -OCH3 is 1. The lowest BCUT2D eigenvalue weighted by Gasteiger charge is -2.13. The van der Waals surface area contributed by atoms with Gasteiger partial charge in [-0.1, -0.05) is 0 Å². The Hall–Kier alpha value is -1.85. The minimum atomic E-state index is -0.949. The van der Waals surface area contributed by atoms with E-state index in [9.17, 15) is 9.59 Å². The van der Waals surface area contributed by atoms with Crippen LogP contribution in [0.15, 0.2) is 12.5 Å². The quantitative estimate of drug-likeness (QED) is 0.741. The van der Waals surface area contributed by atoms with Crippen molar-refractivity contribution in [3.63, 3.8) is 0 Å². The summed E-state index contributed by atoms with van der Waals surface area (Å²) in [6, 6.07) is 0. The van der Waals surface area contributed by atoms with E-state index in [0.29, 0.717) is 5.69 Å². The third-order valence-electron chi connectivity index (χ3n) is 2.33. The van der Waals surface area contributed by atoms with Crippen molar-refractivity contribution in [1.29, 1.82) is 0 Å². The third-order valence-corrected chi connectivity index (χ3v) is 2.33. The van der Waals surface area contributed by atoms with Crippen LogP contribution in [0.5, 0.6) is 0 Å². The average molecular weight is 226 g/mol. The molecule has 0 aliphatic heterocycles. The summed E-state index contributed by atoms with van der Waals surface area (Å²) in [6.07, 6.45) is 3.06. The molecule has 6 nitrogen and oxygen atoms in total. The molecule has 0 aromatic carbocycles. The first kappa shape index (κ1) is 12.2. The molecule has 1 aromatic rings. The van der Waals surface area contributed by atoms with Gasteiger partial charge in [0.2, 0.25) is 0 Å². The van der Waals surface area contributed by atoms with Crippen molar-refractivity contribution >= 4 is 11.9 Å². The van der Waals surface area contributed by atoms with Gasteiger partial charge >= 0.3 is 11.9 Å². The number of carboxylic acids is 1. The molecule has 0 amide bonds. The van der Waals surface area contributed by atoms with E-state index in [4.69, 9.17) is 5.11 Å². The monoisotopic (exact) mass is 226 g/mol. The molecule has 0 saturated carbocycles. The second-order valence-electron chi connectivity index (χ2n) is 3.50. The smallest absolute Gasteiger partial charge is 0.306 e. The Balaban J connectivity index is 2.83. The molecule has 1 atom stereocenters. The molecule has 0 aliphatic rings. The minimum absolute atomic E-state index is 0.0440. The SMILES string of the molecule is COC(=O)CC(CC(=O)O)c1cncn1C. The van der Waals surface area contributed by atoms with E-state index in [1.807, 2.05) is 0 Å². The Bertz CT molecular complexity index is 386. The highest BCUT2D eigenvalue weighted by Gasteiger charge is 2.22. The van der Waals surface area contributed by atoms with Crippen molar-refractivity contribution in [2.24, 2.45) is 7.05 Å². The van der Waals surface area contributed by atoms with Gasteiger partial charge in [-0.05, 0) is 0 Å². The number of nitrogens with zero attached hydrogens (tertiary/aromatic N) is 2. The molecule has 1 heterocycles. The van der Waals surface area contributed by atoms with Gasteiger partial charge < -0.3 is 14.4 Å². The summed E-state index contributed by atoms with van der Waals surface area (Å²) in [5, 5.41) is 8.78. The van der Waals surface area contributed by atoms with Crippen LogP contribution in [-0.4, -0.2) is 33.7 Å². The molecular formula is C10H14N2O4. The first-order valence-corrected chi connectivity index (χ1v) is 4.79. The fourth-order valence-corrected chi connectivity index (χ4v) is 1.54. The number of imidazole rings is 1. The molecule has 6 heteroatoms. The maximum Gasteiger partial charge on any atom is 0.306 e. The van der Waals surface area contributed by atoms with Crippen LogP contribution < -0.4 is 0 Å². The summed E-state index contributed by atoms with van der Waals surface area (Å²) in [6.45, 7) is 0. The van der Waals surface area contributed by atoms with Gasteiger partial charge in [0, 0.05) is 24.9 Å². The summed E-state index contributed by atoms with van der Waals surface area (Å²) in [4.78, 5) is 25.8. The molecule has 1 rings (SSSR count). The number of ether oxygens (including phenoxy) is 1. The van der Waals surface area contributed by atoms with E-state index in [1.54, 1.807) is 24.1 Å². The number of carbonyl (C=O) groups excluding carboxylic acids is 1. The Labute approximate surface area is 92.9 Å². The van der Waals surface area contributed by atoms with Crippen molar-refractivity contribution in [3.8, 4) is 0 Å². The molecule has 0 saturated heterocycles. The second kappa shape index (κ2) is 5.29. The summed E-state index contributed by atoms with van der Waals surface area (Å²) in [5.74, 6) is -1.78. The molecule has 1 unspecified atom stereocenters. The minimum Gasteiger partial charge on any atom is -0.481 e. The molecule has 1 aromatic heterocycles. The van der Waals surface area contributed by atoms with Crippen LogP contribution in [0, 0.1) is 0 Å². The van der Waals surface area contributed by atoms with Crippen LogP contribution in [-0.2, 0) is 21.4 Å². The molecular weight excluding hydrogens is 212 g/mol. The number of rotatable bonds is 5. The highest BCUT2D eigenvalue weighted by molar-refractivity contribution is 5.73. The first-order valence-electron chi connectivity index (χ1n) is 4.79. The second-order valence-corrected chi connectivity index (χ2v) is 3.50. The van der Waals surface area contributed by atoms with Gasteiger partial charge in [0.15, 0.2) is 0 Å². The molecule has 88 valence electrons. The van der Waals surface area contributed by atoms with E-state index in [-0.39, 0.29) is 12.8 Å². The fourth-order valence-electron chi connectivity index (χ4n) is 1.54. The predicted molar refractivity (Wildman–Crippen MR) is 54.8 cm³/mol. The van der Waals surface area contributed by atoms with Crippen molar-refractivity contribution in [2.75, 3.05) is 7.11 Å². The predicted octanol–water partition coefficient (Wildman–Crippen LogP) is 0.541. The molecule has 0 radical (unpaired) electrons. The van der Waals surface area contributed by atoms with Crippen LogP contribution in [0.4, 0.5) is 0 Å². The fraction of sp³-hybridized carbons (Fsp3) is 0.500. The van der Waals surface area contributed by atoms with Gasteiger partial charge in [0.1, 0.15) is 0 Å². The lowest BCUT2D eigenvalue weighted by atomic mass is 9.98. The topological polar surface area (TPSA) is 81.4 Å². The maximum atomic E-state index is 11.2. The number of carboxylic acid groups (broad SMARTS) is 1. The van der Waals surface area contributed by atoms with E-state index >= 15 is 0 Å². The summed E-state index contributed by atoms with van der Waals surface area (Å²) in [7, 11) is 3.04. The van der Waals surface area contributed by atoms with Gasteiger partial charge in [0.05, 0.1) is 26.3 Å². The average Bonchev–Trinajstić information content (AvgIpc) is 2.62. The van der Waals surface area contributed by atoms with Crippen molar-refractivity contribution in [1.82, 2.24) is 9.55 Å². The molecule has 0 bridgehead atoms. The lowest BCUT2D eigenvalue weighted by Crippen LogP contribution is -2.15. The van der Waals surface area contributed by atoms with E-state index in [2.05, 4.69) is 9.72 Å². The number of hydrogen-bond acceptors (Lipinski definition) is 4. The van der Waals surface area contributed by atoms with Gasteiger partial charge in [-0.2, -0.15) is 0 Å². The van der Waals surface area contributed by atoms with Crippen LogP contribution in [0.1, 0.15) is 24.5 Å². The zero-order valence-corrected chi connectivity index (χ0v) is 9.21. The van der Waals surface area contributed by atoms with Crippen LogP contribution >= 0.6 is 0 Å². The standard InChI is InChI=1S/C10H14N2O4/c1-12-6-11-5-8(12)7(3-9(13)14)4-10(15)16-2/h5-7H,3-4H2,1-2H3,(H,13,14). The maximum absolute atomic E-state index is 11.2. The summed E-state index contributed by atoms with van der Waals surface area (Å²) in [5.41, 5.74) is 0.716. The molecule has 0 aliphatic carbocycles. The highest BCUT2D eigenvalue weighted by Crippen LogP contribution is 2.23. The number of carbonyl (C=O) groups is 2. The Morgan fingerprint density at radius 1 is 1.56 bits per heavy atom. The Morgan fingerprint density at radius 2 is 2.25 bits per heavy atom. The highest BCUT2D eigenvalue weighted by atomic mass is 16.5. The van der Waals surface area contributed by atoms with Gasteiger partial charge in [0.25, 0.3) is 0 Å². The van der Waals surface area contributed by atoms with Gasteiger partial charge in [-0.15, -0.1) is 0 Å². The van der Waals surface area contributed by atoms with Gasteiger partial charge in [-0.25, -0.2) is 4.98 Å². The third kappa shape index (κ3) is 3.08.